The number of ether oxygens (including phenoxy) is 1. The lowest BCUT2D eigenvalue weighted by Crippen LogP contribution is -2.08. The molecule has 0 amide bonds. The van der Waals surface area contributed by atoms with Crippen LogP contribution in [0.25, 0.3) is 0 Å². The highest BCUT2D eigenvalue weighted by molar-refractivity contribution is 5.97. The zero-order valence-corrected chi connectivity index (χ0v) is 10.4. The van der Waals surface area contributed by atoms with Crippen molar-refractivity contribution >= 4 is 5.78 Å². The van der Waals surface area contributed by atoms with Crippen molar-refractivity contribution in [1.82, 2.24) is 9.97 Å². The highest BCUT2D eigenvalue weighted by Crippen LogP contribution is 2.16. The molecule has 20 heavy (non-hydrogen) atoms. The fourth-order valence-corrected chi connectivity index (χ4v) is 1.57. The number of hydrogen-bond donors (Lipinski definition) is 0. The molecule has 0 radical (unpaired) electrons. The SMILES string of the molecule is COc1cc(CC(=O)c2cc(F)c(F)c(F)c2)ncn1. The van der Waals surface area contributed by atoms with Gasteiger partial charge in [-0.1, -0.05) is 0 Å². The molecule has 0 saturated heterocycles. The van der Waals surface area contributed by atoms with Crippen LogP contribution in [0.2, 0.25) is 0 Å². The first kappa shape index (κ1) is 14.0. The summed E-state index contributed by atoms with van der Waals surface area (Å²) >= 11 is 0. The zero-order valence-electron chi connectivity index (χ0n) is 10.4. The Labute approximate surface area is 112 Å². The van der Waals surface area contributed by atoms with Gasteiger partial charge in [0.25, 0.3) is 0 Å². The molecule has 0 bridgehead atoms. The number of aromatic nitrogens is 2. The highest BCUT2D eigenvalue weighted by Gasteiger charge is 2.16. The van der Waals surface area contributed by atoms with Gasteiger partial charge in [0, 0.05) is 11.6 Å². The highest BCUT2D eigenvalue weighted by atomic mass is 19.2. The summed E-state index contributed by atoms with van der Waals surface area (Å²) in [5, 5.41) is 0. The van der Waals surface area contributed by atoms with Gasteiger partial charge in [-0.25, -0.2) is 23.1 Å². The largest absolute Gasteiger partial charge is 0.481 e. The number of benzene rings is 1. The minimum Gasteiger partial charge on any atom is -0.481 e. The number of Topliss-reactive ketones (excluding diaryl/α,β-unsaturated/α-hetero) is 1. The second kappa shape index (κ2) is 5.68. The van der Waals surface area contributed by atoms with E-state index in [1.165, 1.54) is 19.5 Å². The summed E-state index contributed by atoms with van der Waals surface area (Å²) in [6.07, 6.45) is 0.997. The molecule has 4 nitrogen and oxygen atoms in total. The second-order valence-corrected chi connectivity index (χ2v) is 3.91. The summed E-state index contributed by atoms with van der Waals surface area (Å²) in [6, 6.07) is 2.73. The number of methoxy groups -OCH3 is 1. The van der Waals surface area contributed by atoms with Crippen LogP contribution < -0.4 is 4.74 Å². The summed E-state index contributed by atoms with van der Waals surface area (Å²) in [4.78, 5) is 19.5. The van der Waals surface area contributed by atoms with Crippen molar-refractivity contribution in [3.8, 4) is 5.88 Å². The van der Waals surface area contributed by atoms with E-state index in [4.69, 9.17) is 4.74 Å². The molecule has 0 saturated carbocycles. The third kappa shape index (κ3) is 2.93. The maximum atomic E-state index is 13.0. The predicted molar refractivity (Wildman–Crippen MR) is 62.9 cm³/mol. The second-order valence-electron chi connectivity index (χ2n) is 3.91. The van der Waals surface area contributed by atoms with Gasteiger partial charge in [0.05, 0.1) is 19.2 Å². The molecule has 0 fully saturated rings. The molecule has 0 N–H and O–H groups in total. The molecule has 0 aliphatic rings. The topological polar surface area (TPSA) is 52.1 Å². The quantitative estimate of drug-likeness (QED) is 0.638. The smallest absolute Gasteiger partial charge is 0.216 e. The van der Waals surface area contributed by atoms with Gasteiger partial charge in [0.1, 0.15) is 6.33 Å². The molecular formula is C13H9F3N2O2. The molecular weight excluding hydrogens is 273 g/mol. The maximum absolute atomic E-state index is 13.0. The Morgan fingerprint density at radius 3 is 2.40 bits per heavy atom. The molecule has 0 aliphatic carbocycles. The number of carbonyl (C=O) groups is 1. The van der Waals surface area contributed by atoms with E-state index in [0.717, 1.165) is 0 Å². The number of ketones is 1. The molecule has 1 aromatic carbocycles. The van der Waals surface area contributed by atoms with Crippen molar-refractivity contribution in [2.24, 2.45) is 0 Å². The number of hydrogen-bond acceptors (Lipinski definition) is 4. The number of rotatable bonds is 4. The van der Waals surface area contributed by atoms with Crippen LogP contribution in [0.4, 0.5) is 13.2 Å². The average Bonchev–Trinajstić information content (AvgIpc) is 2.44. The minimum absolute atomic E-state index is 0.205. The molecule has 2 aromatic rings. The Kier molecular flexibility index (Phi) is 3.97. The molecule has 7 heteroatoms. The van der Waals surface area contributed by atoms with Crippen LogP contribution in [0.1, 0.15) is 16.1 Å². The lowest BCUT2D eigenvalue weighted by Gasteiger charge is -2.04. The molecule has 0 atom stereocenters. The van der Waals surface area contributed by atoms with E-state index in [1.807, 2.05) is 0 Å². The molecule has 1 heterocycles. The van der Waals surface area contributed by atoms with E-state index in [9.17, 15) is 18.0 Å². The molecule has 1 aromatic heterocycles. The van der Waals surface area contributed by atoms with Crippen LogP contribution in [-0.2, 0) is 6.42 Å². The molecule has 2 rings (SSSR count). The van der Waals surface area contributed by atoms with E-state index < -0.39 is 23.2 Å². The molecule has 0 aliphatic heterocycles. The molecule has 0 unspecified atom stereocenters. The van der Waals surface area contributed by atoms with Gasteiger partial charge >= 0.3 is 0 Å². The Balaban J connectivity index is 2.23. The van der Waals surface area contributed by atoms with Crippen LogP contribution in [0.5, 0.6) is 5.88 Å². The van der Waals surface area contributed by atoms with Gasteiger partial charge in [-0.05, 0) is 12.1 Å². The number of nitrogens with zero attached hydrogens (tertiary/aromatic N) is 2. The van der Waals surface area contributed by atoms with Crippen LogP contribution >= 0.6 is 0 Å². The Bertz CT molecular complexity index is 639. The van der Waals surface area contributed by atoms with Gasteiger partial charge < -0.3 is 4.74 Å². The fraction of sp³-hybridized carbons (Fsp3) is 0.154. The lowest BCUT2D eigenvalue weighted by atomic mass is 10.1. The van der Waals surface area contributed by atoms with Crippen LogP contribution in [0.3, 0.4) is 0 Å². The van der Waals surface area contributed by atoms with Gasteiger partial charge in [0.15, 0.2) is 23.2 Å². The van der Waals surface area contributed by atoms with E-state index in [0.29, 0.717) is 17.8 Å². The van der Waals surface area contributed by atoms with Crippen molar-refractivity contribution in [3.63, 3.8) is 0 Å². The lowest BCUT2D eigenvalue weighted by molar-refractivity contribution is 0.0990. The zero-order chi connectivity index (χ0) is 14.7. The van der Waals surface area contributed by atoms with Crippen molar-refractivity contribution < 1.29 is 22.7 Å². The van der Waals surface area contributed by atoms with Gasteiger partial charge in [-0.15, -0.1) is 0 Å². The monoisotopic (exact) mass is 282 g/mol. The Hall–Kier alpha value is -2.44. The van der Waals surface area contributed by atoms with E-state index >= 15 is 0 Å². The van der Waals surface area contributed by atoms with Crippen LogP contribution in [-0.4, -0.2) is 22.9 Å². The summed E-state index contributed by atoms with van der Waals surface area (Å²) in [5.74, 6) is -4.75. The fourth-order valence-electron chi connectivity index (χ4n) is 1.57. The van der Waals surface area contributed by atoms with Gasteiger partial charge in [0.2, 0.25) is 5.88 Å². The van der Waals surface area contributed by atoms with E-state index in [2.05, 4.69) is 9.97 Å². The Morgan fingerprint density at radius 1 is 1.15 bits per heavy atom. The predicted octanol–water partition coefficient (Wildman–Crippen LogP) is 2.33. The number of carbonyl (C=O) groups excluding carboxylic acids is 1. The van der Waals surface area contributed by atoms with Crippen LogP contribution in [0, 0.1) is 17.5 Å². The van der Waals surface area contributed by atoms with Crippen molar-refractivity contribution in [1.29, 1.82) is 0 Å². The Morgan fingerprint density at radius 2 is 1.80 bits per heavy atom. The number of halogens is 3. The van der Waals surface area contributed by atoms with Gasteiger partial charge in [-0.3, -0.25) is 4.79 Å². The normalized spacial score (nSPS) is 10.4. The molecule has 0 spiro atoms. The minimum atomic E-state index is -1.61. The first-order chi connectivity index (χ1) is 9.51. The van der Waals surface area contributed by atoms with Crippen molar-refractivity contribution in [3.05, 3.63) is 53.2 Å². The standard InChI is InChI=1S/C13H9F3N2O2/c1-20-12-5-8(17-6-18-12)4-11(19)7-2-9(14)13(16)10(15)3-7/h2-3,5-6H,4H2,1H3. The summed E-state index contributed by atoms with van der Waals surface area (Å²) < 4.78 is 43.8. The third-order valence-electron chi connectivity index (χ3n) is 2.56. The van der Waals surface area contributed by atoms with E-state index in [1.54, 1.807) is 0 Å². The van der Waals surface area contributed by atoms with Crippen LogP contribution in [0.15, 0.2) is 24.5 Å². The van der Waals surface area contributed by atoms with Crippen molar-refractivity contribution in [2.75, 3.05) is 7.11 Å². The average molecular weight is 282 g/mol. The van der Waals surface area contributed by atoms with Crippen molar-refractivity contribution in [2.45, 2.75) is 6.42 Å². The first-order valence-electron chi connectivity index (χ1n) is 5.54. The van der Waals surface area contributed by atoms with E-state index in [-0.39, 0.29) is 17.9 Å². The third-order valence-corrected chi connectivity index (χ3v) is 2.56. The maximum Gasteiger partial charge on any atom is 0.216 e. The van der Waals surface area contributed by atoms with Gasteiger partial charge in [-0.2, -0.15) is 0 Å². The summed E-state index contributed by atoms with van der Waals surface area (Å²) in [6.45, 7) is 0. The first-order valence-corrected chi connectivity index (χ1v) is 5.54. The summed E-state index contributed by atoms with van der Waals surface area (Å²) in [5.41, 5.74) is 0.0611. The molecule has 104 valence electrons. The summed E-state index contributed by atoms with van der Waals surface area (Å²) in [7, 11) is 1.40.